The Hall–Kier alpha value is -2.93. The molecule has 0 fully saturated rings. The maximum atomic E-state index is 13.0. The van der Waals surface area contributed by atoms with Gasteiger partial charge < -0.3 is 14.5 Å². The van der Waals surface area contributed by atoms with E-state index in [9.17, 15) is 14.0 Å². The Morgan fingerprint density at radius 1 is 1.23 bits per heavy atom. The third-order valence-corrected chi connectivity index (χ3v) is 3.76. The zero-order valence-electron chi connectivity index (χ0n) is 13.5. The third-order valence-electron chi connectivity index (χ3n) is 3.45. The minimum Gasteiger partial charge on any atom is -0.456 e. The molecule has 0 saturated heterocycles. The Balaban J connectivity index is 1.45. The predicted molar refractivity (Wildman–Crippen MR) is 93.3 cm³/mol. The van der Waals surface area contributed by atoms with E-state index in [4.69, 9.17) is 20.8 Å². The second kappa shape index (κ2) is 7.97. The number of ether oxygens (including phenoxy) is 1. The smallest absolute Gasteiger partial charge is 0.306 e. The van der Waals surface area contributed by atoms with Gasteiger partial charge in [0.05, 0.1) is 17.1 Å². The largest absolute Gasteiger partial charge is 0.456 e. The summed E-state index contributed by atoms with van der Waals surface area (Å²) in [4.78, 5) is 27.8. The van der Waals surface area contributed by atoms with E-state index >= 15 is 0 Å². The van der Waals surface area contributed by atoms with E-state index in [2.05, 4.69) is 10.3 Å². The highest BCUT2D eigenvalue weighted by molar-refractivity contribution is 6.33. The molecule has 2 aromatic carbocycles. The minimum absolute atomic E-state index is 0.0252. The van der Waals surface area contributed by atoms with Crippen LogP contribution >= 0.6 is 11.6 Å². The number of aryl methyl sites for hydroxylation is 1. The molecule has 0 aliphatic heterocycles. The number of carbonyl (C=O) groups excluding carboxylic acids is 2. The molecule has 0 bridgehead atoms. The van der Waals surface area contributed by atoms with Crippen molar-refractivity contribution in [2.24, 2.45) is 0 Å². The molecule has 1 amide bonds. The summed E-state index contributed by atoms with van der Waals surface area (Å²) in [6.07, 6.45) is 0.288. The molecule has 26 heavy (non-hydrogen) atoms. The first-order valence-electron chi connectivity index (χ1n) is 7.76. The monoisotopic (exact) mass is 376 g/mol. The van der Waals surface area contributed by atoms with Crippen molar-refractivity contribution in [1.29, 1.82) is 0 Å². The lowest BCUT2D eigenvalue weighted by Crippen LogP contribution is -2.21. The van der Waals surface area contributed by atoms with Crippen LogP contribution in [0.15, 0.2) is 46.9 Å². The van der Waals surface area contributed by atoms with Crippen LogP contribution in [0, 0.1) is 5.82 Å². The van der Waals surface area contributed by atoms with Crippen molar-refractivity contribution >= 4 is 40.3 Å². The number of para-hydroxylation sites is 2. The van der Waals surface area contributed by atoms with E-state index in [0.29, 0.717) is 17.0 Å². The first-order valence-corrected chi connectivity index (χ1v) is 8.14. The van der Waals surface area contributed by atoms with Crippen molar-refractivity contribution in [3.63, 3.8) is 0 Å². The number of hydrogen-bond acceptors (Lipinski definition) is 5. The van der Waals surface area contributed by atoms with E-state index in [1.165, 1.54) is 6.07 Å². The van der Waals surface area contributed by atoms with Crippen LogP contribution in [-0.2, 0) is 20.7 Å². The van der Waals surface area contributed by atoms with Crippen LogP contribution in [0.25, 0.3) is 11.1 Å². The van der Waals surface area contributed by atoms with Gasteiger partial charge in [-0.25, -0.2) is 9.37 Å². The van der Waals surface area contributed by atoms with Gasteiger partial charge >= 0.3 is 5.97 Å². The van der Waals surface area contributed by atoms with Crippen LogP contribution < -0.4 is 5.32 Å². The number of halogens is 2. The molecule has 1 aromatic heterocycles. The van der Waals surface area contributed by atoms with Crippen LogP contribution in [0.5, 0.6) is 0 Å². The van der Waals surface area contributed by atoms with Gasteiger partial charge in [0.25, 0.3) is 5.91 Å². The highest BCUT2D eigenvalue weighted by atomic mass is 35.5. The standard InChI is InChI=1S/C18H14ClFN2O4/c19-12-9-11(20)5-6-13(12)21-16(23)10-25-18(24)8-7-17-22-14-3-1-2-4-15(14)26-17/h1-6,9H,7-8,10H2,(H,21,23). The average Bonchev–Trinajstić information content (AvgIpc) is 3.03. The first-order chi connectivity index (χ1) is 12.5. The molecule has 0 aliphatic rings. The number of rotatable bonds is 6. The summed E-state index contributed by atoms with van der Waals surface area (Å²) in [6, 6.07) is 10.8. The number of hydrogen-bond donors (Lipinski definition) is 1. The lowest BCUT2D eigenvalue weighted by molar-refractivity contribution is -0.147. The van der Waals surface area contributed by atoms with Crippen molar-refractivity contribution in [1.82, 2.24) is 4.98 Å². The fraction of sp³-hybridized carbons (Fsp3) is 0.167. The average molecular weight is 377 g/mol. The Labute approximate surface area is 152 Å². The van der Waals surface area contributed by atoms with Crippen LogP contribution in [-0.4, -0.2) is 23.5 Å². The lowest BCUT2D eigenvalue weighted by Gasteiger charge is -2.07. The Morgan fingerprint density at radius 2 is 2.04 bits per heavy atom. The molecule has 0 spiro atoms. The second-order valence-corrected chi connectivity index (χ2v) is 5.82. The highest BCUT2D eigenvalue weighted by Crippen LogP contribution is 2.22. The molecule has 6 nitrogen and oxygen atoms in total. The summed E-state index contributed by atoms with van der Waals surface area (Å²) in [5, 5.41) is 2.49. The van der Waals surface area contributed by atoms with E-state index in [1.807, 2.05) is 18.2 Å². The number of carbonyl (C=O) groups is 2. The second-order valence-electron chi connectivity index (χ2n) is 5.41. The molecule has 3 aromatic rings. The normalized spacial score (nSPS) is 10.7. The maximum absolute atomic E-state index is 13.0. The number of oxazole rings is 1. The molecule has 3 rings (SSSR count). The van der Waals surface area contributed by atoms with Gasteiger partial charge in [-0.05, 0) is 30.3 Å². The van der Waals surface area contributed by atoms with Crippen molar-refractivity contribution in [2.75, 3.05) is 11.9 Å². The fourth-order valence-electron chi connectivity index (χ4n) is 2.23. The zero-order valence-corrected chi connectivity index (χ0v) is 14.3. The van der Waals surface area contributed by atoms with E-state index in [0.717, 1.165) is 12.1 Å². The number of fused-ring (bicyclic) bond motifs is 1. The summed E-state index contributed by atoms with van der Waals surface area (Å²) < 4.78 is 23.4. The number of aromatic nitrogens is 1. The van der Waals surface area contributed by atoms with Crippen LogP contribution in [0.3, 0.4) is 0 Å². The van der Waals surface area contributed by atoms with E-state index in [1.54, 1.807) is 6.07 Å². The van der Waals surface area contributed by atoms with Crippen LogP contribution in [0.2, 0.25) is 5.02 Å². The quantitative estimate of drug-likeness (QED) is 0.663. The molecule has 0 saturated carbocycles. The van der Waals surface area contributed by atoms with Gasteiger partial charge in [-0.2, -0.15) is 0 Å². The van der Waals surface area contributed by atoms with Gasteiger partial charge in [0.15, 0.2) is 18.1 Å². The van der Waals surface area contributed by atoms with E-state index < -0.39 is 24.3 Å². The molecule has 0 radical (unpaired) electrons. The summed E-state index contributed by atoms with van der Waals surface area (Å²) in [7, 11) is 0. The predicted octanol–water partition coefficient (Wildman–Crippen LogP) is 3.73. The molecule has 1 N–H and O–H groups in total. The Kier molecular flexibility index (Phi) is 5.48. The number of amides is 1. The van der Waals surface area contributed by atoms with Gasteiger partial charge in [0.1, 0.15) is 11.3 Å². The Bertz CT molecular complexity index is 924. The summed E-state index contributed by atoms with van der Waals surface area (Å²) in [6.45, 7) is -0.472. The molecule has 0 unspecified atom stereocenters. The summed E-state index contributed by atoms with van der Waals surface area (Å²) in [5.41, 5.74) is 1.60. The number of esters is 1. The van der Waals surface area contributed by atoms with Crippen LogP contribution in [0.4, 0.5) is 10.1 Å². The molecular weight excluding hydrogens is 363 g/mol. The minimum atomic E-state index is -0.575. The molecule has 8 heteroatoms. The zero-order chi connectivity index (χ0) is 18.5. The molecule has 0 atom stereocenters. The van der Waals surface area contributed by atoms with Crippen molar-refractivity contribution in [2.45, 2.75) is 12.8 Å². The number of anilines is 1. The van der Waals surface area contributed by atoms with E-state index in [-0.39, 0.29) is 23.6 Å². The number of nitrogens with one attached hydrogen (secondary N) is 1. The summed E-state index contributed by atoms with van der Waals surface area (Å²) in [5.74, 6) is -1.23. The highest BCUT2D eigenvalue weighted by Gasteiger charge is 2.12. The maximum Gasteiger partial charge on any atom is 0.306 e. The third kappa shape index (κ3) is 4.58. The number of benzene rings is 2. The van der Waals surface area contributed by atoms with Gasteiger partial charge in [0.2, 0.25) is 0 Å². The van der Waals surface area contributed by atoms with Crippen molar-refractivity contribution in [3.05, 3.63) is 59.2 Å². The topological polar surface area (TPSA) is 81.4 Å². The van der Waals surface area contributed by atoms with Crippen LogP contribution in [0.1, 0.15) is 12.3 Å². The van der Waals surface area contributed by atoms with Gasteiger partial charge in [0, 0.05) is 6.42 Å². The van der Waals surface area contributed by atoms with Gasteiger partial charge in [-0.1, -0.05) is 23.7 Å². The molecule has 0 aliphatic carbocycles. The molecular formula is C18H14ClFN2O4. The van der Waals surface area contributed by atoms with Gasteiger partial charge in [-0.15, -0.1) is 0 Å². The lowest BCUT2D eigenvalue weighted by atomic mass is 10.3. The number of nitrogens with zero attached hydrogens (tertiary/aromatic N) is 1. The molecule has 134 valence electrons. The van der Waals surface area contributed by atoms with Gasteiger partial charge in [-0.3, -0.25) is 9.59 Å². The fourth-order valence-corrected chi connectivity index (χ4v) is 2.45. The SMILES string of the molecule is O=C(COC(=O)CCc1nc2ccccc2o1)Nc1ccc(F)cc1Cl. The molecule has 1 heterocycles. The van der Waals surface area contributed by atoms with Crippen molar-refractivity contribution < 1.29 is 23.1 Å². The Morgan fingerprint density at radius 3 is 2.81 bits per heavy atom. The van der Waals surface area contributed by atoms with Crippen molar-refractivity contribution in [3.8, 4) is 0 Å². The summed E-state index contributed by atoms with van der Waals surface area (Å²) >= 11 is 5.81. The first kappa shape index (κ1) is 17.9.